The van der Waals surface area contributed by atoms with Crippen LogP contribution in [0.3, 0.4) is 0 Å². The van der Waals surface area contributed by atoms with E-state index in [2.05, 4.69) is 0 Å². The molecule has 0 amide bonds. The molecule has 90 valence electrons. The van der Waals surface area contributed by atoms with Gasteiger partial charge in [-0.1, -0.05) is 0 Å². The predicted molar refractivity (Wildman–Crippen MR) is 60.6 cm³/mol. The molecule has 2 aliphatic heterocycles. The number of phenolic OH excluding ortho intramolecular Hbond substituents is 1. The summed E-state index contributed by atoms with van der Waals surface area (Å²) in [5, 5.41) is 10.0. The van der Waals surface area contributed by atoms with Crippen molar-refractivity contribution >= 4 is 5.78 Å². The maximum absolute atomic E-state index is 11.3. The lowest BCUT2D eigenvalue weighted by Gasteiger charge is -2.13. The van der Waals surface area contributed by atoms with Crippen LogP contribution >= 0.6 is 0 Å². The van der Waals surface area contributed by atoms with E-state index in [0.717, 1.165) is 5.56 Å². The first-order valence-corrected chi connectivity index (χ1v) is 5.68. The highest BCUT2D eigenvalue weighted by molar-refractivity contribution is 5.97. The van der Waals surface area contributed by atoms with Gasteiger partial charge in [0.15, 0.2) is 5.78 Å². The number of benzene rings is 1. The zero-order valence-corrected chi connectivity index (χ0v) is 9.82. The van der Waals surface area contributed by atoms with Crippen LogP contribution in [0.1, 0.15) is 29.8 Å². The van der Waals surface area contributed by atoms with E-state index in [1.807, 2.05) is 6.92 Å². The summed E-state index contributed by atoms with van der Waals surface area (Å²) in [5.74, 6) is 0.582. The first kappa shape index (κ1) is 10.6. The van der Waals surface area contributed by atoms with Gasteiger partial charge >= 0.3 is 0 Å². The molecule has 1 aromatic rings. The highest BCUT2D eigenvalue weighted by Crippen LogP contribution is 2.44. The van der Waals surface area contributed by atoms with Crippen LogP contribution in [0.15, 0.2) is 12.1 Å². The number of phenols is 1. The van der Waals surface area contributed by atoms with Crippen molar-refractivity contribution in [1.29, 1.82) is 0 Å². The second-order valence-electron chi connectivity index (χ2n) is 4.91. The number of Topliss-reactive ketones (excluding diaryl/α,β-unsaturated/α-hetero) is 1. The predicted octanol–water partition coefficient (Wildman–Crippen LogP) is 1.69. The summed E-state index contributed by atoms with van der Waals surface area (Å²) in [6, 6.07) is 3.35. The molecule has 0 spiro atoms. The summed E-state index contributed by atoms with van der Waals surface area (Å²) < 4.78 is 11.1. The van der Waals surface area contributed by atoms with Crippen molar-refractivity contribution in [1.82, 2.24) is 0 Å². The lowest BCUT2D eigenvalue weighted by molar-refractivity contribution is 0.101. The topological polar surface area (TPSA) is 59.1 Å². The average molecular weight is 234 g/mol. The first-order chi connectivity index (χ1) is 8.01. The fourth-order valence-electron chi connectivity index (χ4n) is 2.23. The molecule has 4 heteroatoms. The Balaban J connectivity index is 1.97. The number of carbonyl (C=O) groups excluding carboxylic acids is 1. The van der Waals surface area contributed by atoms with Crippen molar-refractivity contribution in [3.8, 4) is 11.5 Å². The lowest BCUT2D eigenvalue weighted by Crippen LogP contribution is -2.30. The van der Waals surface area contributed by atoms with Gasteiger partial charge in [-0.2, -0.15) is 0 Å². The Hall–Kier alpha value is -1.55. The minimum atomic E-state index is -0.234. The molecule has 1 aromatic carbocycles. The molecule has 0 aliphatic carbocycles. The molecule has 1 N–H and O–H groups in total. The molecular weight excluding hydrogens is 220 g/mol. The summed E-state index contributed by atoms with van der Waals surface area (Å²) in [5.41, 5.74) is 0.844. The summed E-state index contributed by atoms with van der Waals surface area (Å²) >= 11 is 0. The number of ketones is 1. The number of aromatic hydroxyl groups is 1. The smallest absolute Gasteiger partial charge is 0.163 e. The molecule has 4 nitrogen and oxygen atoms in total. The van der Waals surface area contributed by atoms with Crippen molar-refractivity contribution in [2.24, 2.45) is 0 Å². The fraction of sp³-hybridized carbons (Fsp3) is 0.462. The minimum absolute atomic E-state index is 0.0572. The van der Waals surface area contributed by atoms with E-state index >= 15 is 0 Å². The van der Waals surface area contributed by atoms with Gasteiger partial charge in [-0.3, -0.25) is 4.79 Å². The maximum Gasteiger partial charge on any atom is 0.163 e. The SMILES string of the molecule is CC(=O)c1ccc2c(c1O)CC(C1(C)CO1)O2. The number of fused-ring (bicyclic) bond motifs is 1. The van der Waals surface area contributed by atoms with Crippen molar-refractivity contribution in [3.63, 3.8) is 0 Å². The van der Waals surface area contributed by atoms with Gasteiger partial charge in [0.05, 0.1) is 12.2 Å². The van der Waals surface area contributed by atoms with Gasteiger partial charge < -0.3 is 14.6 Å². The van der Waals surface area contributed by atoms with Crippen LogP contribution in [0.5, 0.6) is 11.5 Å². The summed E-state index contributed by atoms with van der Waals surface area (Å²) in [4.78, 5) is 11.3. The quantitative estimate of drug-likeness (QED) is 0.625. The van der Waals surface area contributed by atoms with Gasteiger partial charge in [0.1, 0.15) is 23.2 Å². The second-order valence-corrected chi connectivity index (χ2v) is 4.91. The average Bonchev–Trinajstić information content (AvgIpc) is 2.87. The molecule has 2 heterocycles. The summed E-state index contributed by atoms with van der Waals surface area (Å²) in [6.45, 7) is 4.12. The van der Waals surface area contributed by atoms with Crippen LogP contribution < -0.4 is 4.74 Å². The van der Waals surface area contributed by atoms with Gasteiger partial charge in [-0.05, 0) is 26.0 Å². The Bertz CT molecular complexity index is 502. The van der Waals surface area contributed by atoms with Crippen LogP contribution in [0.25, 0.3) is 0 Å². The summed E-state index contributed by atoms with van der Waals surface area (Å²) in [6.07, 6.45) is 0.532. The van der Waals surface area contributed by atoms with Crippen LogP contribution in [-0.2, 0) is 11.2 Å². The van der Waals surface area contributed by atoms with Gasteiger partial charge in [0, 0.05) is 12.0 Å². The number of epoxide rings is 1. The Kier molecular flexibility index (Phi) is 2.01. The Morgan fingerprint density at radius 1 is 1.53 bits per heavy atom. The van der Waals surface area contributed by atoms with Crippen LogP contribution in [0.2, 0.25) is 0 Å². The van der Waals surface area contributed by atoms with Crippen molar-refractivity contribution in [2.75, 3.05) is 6.61 Å². The Labute approximate surface area is 99.2 Å². The number of hydrogen-bond acceptors (Lipinski definition) is 4. The molecular formula is C13H14O4. The molecule has 2 atom stereocenters. The molecule has 0 aromatic heterocycles. The maximum atomic E-state index is 11.3. The monoisotopic (exact) mass is 234 g/mol. The third kappa shape index (κ3) is 1.52. The highest BCUT2D eigenvalue weighted by Gasteiger charge is 2.51. The number of carbonyl (C=O) groups is 1. The molecule has 1 fully saturated rings. The molecule has 0 radical (unpaired) electrons. The van der Waals surface area contributed by atoms with Gasteiger partial charge in [-0.15, -0.1) is 0 Å². The molecule has 2 unspecified atom stereocenters. The zero-order chi connectivity index (χ0) is 12.2. The summed E-state index contributed by atoms with van der Waals surface area (Å²) in [7, 11) is 0. The van der Waals surface area contributed by atoms with Crippen LogP contribution in [-0.4, -0.2) is 29.2 Å². The van der Waals surface area contributed by atoms with Crippen LogP contribution in [0.4, 0.5) is 0 Å². The van der Waals surface area contributed by atoms with Gasteiger partial charge in [0.2, 0.25) is 0 Å². The fourth-order valence-corrected chi connectivity index (χ4v) is 2.23. The van der Waals surface area contributed by atoms with Crippen LogP contribution in [0, 0.1) is 0 Å². The van der Waals surface area contributed by atoms with E-state index < -0.39 is 0 Å². The number of ether oxygens (including phenoxy) is 2. The van der Waals surface area contributed by atoms with Crippen molar-refractivity contribution < 1.29 is 19.4 Å². The molecule has 0 bridgehead atoms. The third-order valence-electron chi connectivity index (χ3n) is 3.56. The molecule has 2 aliphatic rings. The van der Waals surface area contributed by atoms with E-state index in [4.69, 9.17) is 9.47 Å². The zero-order valence-electron chi connectivity index (χ0n) is 9.82. The molecule has 3 rings (SSSR count). The first-order valence-electron chi connectivity index (χ1n) is 5.68. The third-order valence-corrected chi connectivity index (χ3v) is 3.56. The largest absolute Gasteiger partial charge is 0.507 e. The van der Waals surface area contributed by atoms with E-state index in [-0.39, 0.29) is 23.2 Å². The molecule has 17 heavy (non-hydrogen) atoms. The Morgan fingerprint density at radius 2 is 2.24 bits per heavy atom. The van der Waals surface area contributed by atoms with Gasteiger partial charge in [0.25, 0.3) is 0 Å². The standard InChI is InChI=1S/C13H14O4/c1-7(14)8-3-4-10-9(12(8)15)5-11(17-10)13(2)6-16-13/h3-4,11,15H,5-6H2,1-2H3. The van der Waals surface area contributed by atoms with Crippen molar-refractivity contribution in [3.05, 3.63) is 23.3 Å². The lowest BCUT2D eigenvalue weighted by atomic mass is 9.98. The highest BCUT2D eigenvalue weighted by atomic mass is 16.6. The van der Waals surface area contributed by atoms with E-state index in [1.165, 1.54) is 6.92 Å². The van der Waals surface area contributed by atoms with E-state index in [1.54, 1.807) is 12.1 Å². The molecule has 1 saturated heterocycles. The normalized spacial score (nSPS) is 29.6. The number of rotatable bonds is 2. The number of hydrogen-bond donors (Lipinski definition) is 1. The van der Waals surface area contributed by atoms with Crippen molar-refractivity contribution in [2.45, 2.75) is 32.0 Å². The molecule has 0 saturated carbocycles. The Morgan fingerprint density at radius 3 is 2.82 bits per heavy atom. The van der Waals surface area contributed by atoms with Gasteiger partial charge in [-0.25, -0.2) is 0 Å². The van der Waals surface area contributed by atoms with E-state index in [0.29, 0.717) is 24.3 Å². The van der Waals surface area contributed by atoms with E-state index in [9.17, 15) is 9.90 Å². The second kappa shape index (κ2) is 3.23. The minimum Gasteiger partial charge on any atom is -0.507 e.